The van der Waals surface area contributed by atoms with Gasteiger partial charge in [-0.15, -0.1) is 11.3 Å². The van der Waals surface area contributed by atoms with E-state index in [1.165, 1.54) is 11.3 Å². The largest absolute Gasteiger partial charge is 0.462 e. The second-order valence-electron chi connectivity index (χ2n) is 5.86. The van der Waals surface area contributed by atoms with Crippen LogP contribution in [0.1, 0.15) is 30.6 Å². The van der Waals surface area contributed by atoms with E-state index in [-0.39, 0.29) is 12.5 Å². The highest BCUT2D eigenvalue weighted by molar-refractivity contribution is 7.20. The third-order valence-corrected chi connectivity index (χ3v) is 5.21. The lowest BCUT2D eigenvalue weighted by Crippen LogP contribution is -2.13. The molecule has 0 aliphatic carbocycles. The van der Waals surface area contributed by atoms with Gasteiger partial charge in [0.1, 0.15) is 10.6 Å². The number of benzene rings is 2. The number of carbonyl (C=O) groups excluding carboxylic acids is 2. The van der Waals surface area contributed by atoms with E-state index in [2.05, 4.69) is 5.32 Å². The molecule has 0 unspecified atom stereocenters. The highest BCUT2D eigenvalue weighted by atomic mass is 32.1. The first-order chi connectivity index (χ1) is 13.2. The van der Waals surface area contributed by atoms with Crippen molar-refractivity contribution in [3.8, 4) is 21.6 Å². The summed E-state index contributed by atoms with van der Waals surface area (Å²) in [5, 5.41) is 3.40. The molecule has 1 amide bonds. The Morgan fingerprint density at radius 3 is 2.07 bits per heavy atom. The van der Waals surface area contributed by atoms with Crippen LogP contribution >= 0.6 is 11.3 Å². The number of thiophene rings is 1. The molecule has 1 N–H and O–H groups in total. The van der Waals surface area contributed by atoms with Crippen molar-refractivity contribution in [3.05, 3.63) is 66.2 Å². The second kappa shape index (κ2) is 8.64. The molecule has 5 heteroatoms. The predicted molar refractivity (Wildman–Crippen MR) is 110 cm³/mol. The smallest absolute Gasteiger partial charge is 0.341 e. The number of anilines is 1. The molecular formula is C22H21NO3S. The number of rotatable bonds is 6. The average Bonchev–Trinajstić information content (AvgIpc) is 3.08. The molecule has 1 heterocycles. The van der Waals surface area contributed by atoms with Crippen molar-refractivity contribution in [3.63, 3.8) is 0 Å². The third-order valence-electron chi connectivity index (χ3n) is 4.06. The standard InChI is InChI=1S/C22H21NO3S/c1-3-17(24)23-21-19(22(25)26-4-2)18(15-11-7-5-8-12-15)20(27-21)16-13-9-6-10-14-16/h5-14H,3-4H2,1-2H3,(H,23,24). The summed E-state index contributed by atoms with van der Waals surface area (Å²) in [5.41, 5.74) is 3.10. The van der Waals surface area contributed by atoms with Gasteiger partial charge in [0.25, 0.3) is 0 Å². The fourth-order valence-corrected chi connectivity index (χ4v) is 4.04. The molecule has 4 nitrogen and oxygen atoms in total. The van der Waals surface area contributed by atoms with Crippen LogP contribution in [0.5, 0.6) is 0 Å². The van der Waals surface area contributed by atoms with Crippen LogP contribution < -0.4 is 5.32 Å². The first-order valence-electron chi connectivity index (χ1n) is 8.90. The lowest BCUT2D eigenvalue weighted by atomic mass is 9.98. The maximum atomic E-state index is 12.8. The molecular weight excluding hydrogens is 358 g/mol. The van der Waals surface area contributed by atoms with Crippen molar-refractivity contribution >= 4 is 28.2 Å². The van der Waals surface area contributed by atoms with Crippen LogP contribution in [0.4, 0.5) is 5.00 Å². The lowest BCUT2D eigenvalue weighted by molar-refractivity contribution is -0.115. The van der Waals surface area contributed by atoms with Crippen LogP contribution in [0.3, 0.4) is 0 Å². The van der Waals surface area contributed by atoms with E-state index >= 15 is 0 Å². The molecule has 2 aromatic carbocycles. The van der Waals surface area contributed by atoms with Gasteiger partial charge >= 0.3 is 5.97 Å². The van der Waals surface area contributed by atoms with Crippen molar-refractivity contribution in [1.82, 2.24) is 0 Å². The number of nitrogens with one attached hydrogen (secondary N) is 1. The summed E-state index contributed by atoms with van der Waals surface area (Å²) in [5.74, 6) is -0.567. The van der Waals surface area contributed by atoms with Gasteiger partial charge in [0.15, 0.2) is 0 Å². The summed E-state index contributed by atoms with van der Waals surface area (Å²) in [6.45, 7) is 3.82. The van der Waals surface area contributed by atoms with Gasteiger partial charge in [-0.3, -0.25) is 4.79 Å². The minimum Gasteiger partial charge on any atom is -0.462 e. The first-order valence-corrected chi connectivity index (χ1v) is 9.71. The van der Waals surface area contributed by atoms with Crippen LogP contribution in [0, 0.1) is 0 Å². The number of hydrogen-bond donors (Lipinski definition) is 1. The van der Waals surface area contributed by atoms with Gasteiger partial charge < -0.3 is 10.1 Å². The predicted octanol–water partition coefficient (Wildman–Crippen LogP) is 5.61. The molecule has 0 radical (unpaired) electrons. The summed E-state index contributed by atoms with van der Waals surface area (Å²) in [6.07, 6.45) is 0.335. The van der Waals surface area contributed by atoms with E-state index < -0.39 is 5.97 Å². The van der Waals surface area contributed by atoms with Crippen molar-refractivity contribution in [1.29, 1.82) is 0 Å². The van der Waals surface area contributed by atoms with Gasteiger partial charge in [-0.2, -0.15) is 0 Å². The van der Waals surface area contributed by atoms with Gasteiger partial charge in [-0.25, -0.2) is 4.79 Å². The molecule has 0 atom stereocenters. The average molecular weight is 379 g/mol. The highest BCUT2D eigenvalue weighted by Crippen LogP contribution is 2.46. The van der Waals surface area contributed by atoms with Crippen molar-refractivity contribution in [2.24, 2.45) is 0 Å². The highest BCUT2D eigenvalue weighted by Gasteiger charge is 2.27. The Bertz CT molecular complexity index is 933. The molecule has 3 rings (SSSR count). The molecule has 0 fully saturated rings. The molecule has 3 aromatic rings. The SMILES string of the molecule is CCOC(=O)c1c(NC(=O)CC)sc(-c2ccccc2)c1-c1ccccc1. The maximum absolute atomic E-state index is 12.8. The molecule has 0 aliphatic heterocycles. The third kappa shape index (κ3) is 4.09. The molecule has 138 valence electrons. The summed E-state index contributed by atoms with van der Waals surface area (Å²) < 4.78 is 5.31. The van der Waals surface area contributed by atoms with E-state index in [1.807, 2.05) is 60.7 Å². The molecule has 0 saturated carbocycles. The number of esters is 1. The Kier molecular flexibility index (Phi) is 6.04. The Balaban J connectivity index is 2.28. The number of carbonyl (C=O) groups is 2. The Hall–Kier alpha value is -2.92. The van der Waals surface area contributed by atoms with Gasteiger partial charge in [0.2, 0.25) is 5.91 Å². The number of hydrogen-bond acceptors (Lipinski definition) is 4. The van der Waals surface area contributed by atoms with Gasteiger partial charge in [0, 0.05) is 16.9 Å². The first kappa shape index (κ1) is 18.9. The van der Waals surface area contributed by atoms with Crippen LogP contribution in [-0.4, -0.2) is 18.5 Å². The molecule has 27 heavy (non-hydrogen) atoms. The Morgan fingerprint density at radius 2 is 1.52 bits per heavy atom. The minimum absolute atomic E-state index is 0.138. The summed E-state index contributed by atoms with van der Waals surface area (Å²) in [7, 11) is 0. The fraction of sp³-hybridized carbons (Fsp3) is 0.182. The van der Waals surface area contributed by atoms with Crippen molar-refractivity contribution in [2.45, 2.75) is 20.3 Å². The molecule has 0 aliphatic rings. The van der Waals surface area contributed by atoms with Crippen LogP contribution in [0.2, 0.25) is 0 Å². The van der Waals surface area contributed by atoms with Crippen LogP contribution in [0.25, 0.3) is 21.6 Å². The second-order valence-corrected chi connectivity index (χ2v) is 6.89. The Labute approximate surface area is 162 Å². The number of amides is 1. The quantitative estimate of drug-likeness (QED) is 0.567. The summed E-state index contributed by atoms with van der Waals surface area (Å²) >= 11 is 1.40. The van der Waals surface area contributed by atoms with E-state index in [4.69, 9.17) is 4.74 Å². The normalized spacial score (nSPS) is 10.4. The van der Waals surface area contributed by atoms with Gasteiger partial charge in [-0.05, 0) is 18.1 Å². The minimum atomic E-state index is -0.429. The van der Waals surface area contributed by atoms with Crippen molar-refractivity contribution < 1.29 is 14.3 Å². The van der Waals surface area contributed by atoms with E-state index in [0.29, 0.717) is 17.0 Å². The molecule has 1 aromatic heterocycles. The Morgan fingerprint density at radius 1 is 0.926 bits per heavy atom. The zero-order chi connectivity index (χ0) is 19.2. The fourth-order valence-electron chi connectivity index (χ4n) is 2.81. The van der Waals surface area contributed by atoms with Gasteiger partial charge in [0.05, 0.1) is 6.61 Å². The zero-order valence-electron chi connectivity index (χ0n) is 15.3. The van der Waals surface area contributed by atoms with Gasteiger partial charge in [-0.1, -0.05) is 67.6 Å². The van der Waals surface area contributed by atoms with E-state index in [1.54, 1.807) is 13.8 Å². The van der Waals surface area contributed by atoms with E-state index in [0.717, 1.165) is 21.6 Å². The lowest BCUT2D eigenvalue weighted by Gasteiger charge is -2.09. The zero-order valence-corrected chi connectivity index (χ0v) is 16.1. The van der Waals surface area contributed by atoms with Crippen LogP contribution in [0.15, 0.2) is 60.7 Å². The topological polar surface area (TPSA) is 55.4 Å². The summed E-state index contributed by atoms with van der Waals surface area (Å²) in [4.78, 5) is 25.8. The van der Waals surface area contributed by atoms with E-state index in [9.17, 15) is 9.59 Å². The van der Waals surface area contributed by atoms with Crippen LogP contribution in [-0.2, 0) is 9.53 Å². The molecule has 0 saturated heterocycles. The molecule has 0 bridgehead atoms. The molecule has 0 spiro atoms. The number of ether oxygens (including phenoxy) is 1. The monoisotopic (exact) mass is 379 g/mol. The summed E-state index contributed by atoms with van der Waals surface area (Å²) in [6, 6.07) is 19.6. The maximum Gasteiger partial charge on any atom is 0.341 e. The van der Waals surface area contributed by atoms with Crippen molar-refractivity contribution in [2.75, 3.05) is 11.9 Å².